The largest absolute Gasteiger partial charge is 0.497 e. The molecule has 0 radical (unpaired) electrons. The Morgan fingerprint density at radius 3 is 2.50 bits per heavy atom. The Balaban J connectivity index is 2.20. The van der Waals surface area contributed by atoms with Gasteiger partial charge in [-0.1, -0.05) is 0 Å². The minimum atomic E-state index is -0.876. The zero-order valence-corrected chi connectivity index (χ0v) is 11.0. The first kappa shape index (κ1) is 12.6. The van der Waals surface area contributed by atoms with Crippen LogP contribution in [0.4, 0.5) is 0 Å². The Hall–Kier alpha value is -2.40. The summed E-state index contributed by atoms with van der Waals surface area (Å²) >= 11 is 0. The van der Waals surface area contributed by atoms with Crippen LogP contribution in [0.3, 0.4) is 0 Å². The zero-order valence-electron chi connectivity index (χ0n) is 11.0. The molecule has 0 bridgehead atoms. The van der Waals surface area contributed by atoms with Gasteiger partial charge in [-0.3, -0.25) is 9.59 Å². The number of furan rings is 1. The number of aliphatic hydroxyl groups is 1. The van der Waals surface area contributed by atoms with Crippen molar-refractivity contribution in [2.45, 2.75) is 13.0 Å². The van der Waals surface area contributed by atoms with E-state index in [4.69, 9.17) is 9.15 Å². The summed E-state index contributed by atoms with van der Waals surface area (Å²) in [4.78, 5) is 24.7. The molecule has 20 heavy (non-hydrogen) atoms. The van der Waals surface area contributed by atoms with Gasteiger partial charge in [0.1, 0.15) is 17.6 Å². The van der Waals surface area contributed by atoms with Crippen molar-refractivity contribution < 1.29 is 23.8 Å². The SMILES string of the molecule is COc1ccc2c(c1)C(=O)c1cc([C@@H](C)O)oc1C2=O. The quantitative estimate of drug-likeness (QED) is 0.773. The lowest BCUT2D eigenvalue weighted by Gasteiger charge is -2.13. The van der Waals surface area contributed by atoms with Crippen LogP contribution in [0, 0.1) is 0 Å². The minimum Gasteiger partial charge on any atom is -0.497 e. The molecule has 0 aliphatic heterocycles. The predicted octanol–water partition coefficient (Wildman–Crippen LogP) is 2.12. The maximum Gasteiger partial charge on any atom is 0.229 e. The van der Waals surface area contributed by atoms with Crippen molar-refractivity contribution in [2.24, 2.45) is 0 Å². The molecular formula is C15H12O5. The molecular weight excluding hydrogens is 260 g/mol. The van der Waals surface area contributed by atoms with E-state index in [1.807, 2.05) is 0 Å². The summed E-state index contributed by atoms with van der Waals surface area (Å²) in [7, 11) is 1.49. The second-order valence-electron chi connectivity index (χ2n) is 4.64. The van der Waals surface area contributed by atoms with Gasteiger partial charge in [-0.2, -0.15) is 0 Å². The molecule has 1 aromatic heterocycles. The van der Waals surface area contributed by atoms with Crippen LogP contribution >= 0.6 is 0 Å². The fourth-order valence-corrected chi connectivity index (χ4v) is 2.26. The van der Waals surface area contributed by atoms with E-state index < -0.39 is 6.10 Å². The second-order valence-corrected chi connectivity index (χ2v) is 4.64. The van der Waals surface area contributed by atoms with E-state index in [0.29, 0.717) is 11.3 Å². The third-order valence-corrected chi connectivity index (χ3v) is 3.33. The predicted molar refractivity (Wildman–Crippen MR) is 69.2 cm³/mol. The molecule has 0 amide bonds. The Labute approximate surface area is 114 Å². The fourth-order valence-electron chi connectivity index (χ4n) is 2.26. The summed E-state index contributed by atoms with van der Waals surface area (Å²) in [6.45, 7) is 1.51. The van der Waals surface area contributed by atoms with Crippen molar-refractivity contribution >= 4 is 11.6 Å². The maximum absolute atomic E-state index is 12.4. The van der Waals surface area contributed by atoms with E-state index in [-0.39, 0.29) is 34.2 Å². The highest BCUT2D eigenvalue weighted by Gasteiger charge is 2.34. The topological polar surface area (TPSA) is 76.7 Å². The molecule has 3 rings (SSSR count). The van der Waals surface area contributed by atoms with Crippen molar-refractivity contribution in [3.63, 3.8) is 0 Å². The Morgan fingerprint density at radius 1 is 1.10 bits per heavy atom. The Morgan fingerprint density at radius 2 is 1.85 bits per heavy atom. The number of ketones is 2. The first-order valence-corrected chi connectivity index (χ1v) is 6.12. The average molecular weight is 272 g/mol. The van der Waals surface area contributed by atoms with E-state index in [9.17, 15) is 14.7 Å². The average Bonchev–Trinajstić information content (AvgIpc) is 2.90. The number of aliphatic hydroxyl groups excluding tert-OH is 1. The van der Waals surface area contributed by atoms with E-state index in [1.165, 1.54) is 26.2 Å². The molecule has 0 saturated heterocycles. The summed E-state index contributed by atoms with van der Waals surface area (Å²) in [5, 5.41) is 9.51. The Kier molecular flexibility index (Phi) is 2.72. The molecule has 1 N–H and O–H groups in total. The molecule has 5 nitrogen and oxygen atoms in total. The highest BCUT2D eigenvalue weighted by atomic mass is 16.5. The number of methoxy groups -OCH3 is 1. The van der Waals surface area contributed by atoms with E-state index in [2.05, 4.69) is 0 Å². The lowest BCUT2D eigenvalue weighted by Crippen LogP contribution is -2.19. The van der Waals surface area contributed by atoms with Crippen LogP contribution in [0.15, 0.2) is 28.7 Å². The van der Waals surface area contributed by atoms with Gasteiger partial charge in [0.25, 0.3) is 0 Å². The van der Waals surface area contributed by atoms with Gasteiger partial charge in [0.05, 0.1) is 12.7 Å². The highest BCUT2D eigenvalue weighted by molar-refractivity contribution is 6.27. The van der Waals surface area contributed by atoms with Gasteiger partial charge in [-0.25, -0.2) is 0 Å². The minimum absolute atomic E-state index is 0.0106. The van der Waals surface area contributed by atoms with Crippen LogP contribution in [0.1, 0.15) is 50.8 Å². The van der Waals surface area contributed by atoms with Crippen molar-refractivity contribution in [3.05, 3.63) is 52.5 Å². The van der Waals surface area contributed by atoms with Crippen molar-refractivity contribution in [2.75, 3.05) is 7.11 Å². The van der Waals surface area contributed by atoms with E-state index in [1.54, 1.807) is 12.1 Å². The smallest absolute Gasteiger partial charge is 0.229 e. The number of benzene rings is 1. The molecule has 1 aliphatic rings. The lowest BCUT2D eigenvalue weighted by molar-refractivity contribution is 0.0953. The number of hydrogen-bond donors (Lipinski definition) is 1. The molecule has 102 valence electrons. The highest BCUT2D eigenvalue weighted by Crippen LogP contribution is 2.33. The molecule has 0 fully saturated rings. The molecule has 1 aliphatic carbocycles. The third-order valence-electron chi connectivity index (χ3n) is 3.33. The lowest BCUT2D eigenvalue weighted by atomic mass is 9.88. The van der Waals surface area contributed by atoms with Crippen LogP contribution in [-0.4, -0.2) is 23.8 Å². The number of ether oxygens (including phenoxy) is 1. The second kappa shape index (κ2) is 4.31. The van der Waals surface area contributed by atoms with Gasteiger partial charge in [0, 0.05) is 11.1 Å². The normalized spacial score (nSPS) is 14.8. The summed E-state index contributed by atoms with van der Waals surface area (Å²) < 4.78 is 10.4. The summed E-state index contributed by atoms with van der Waals surface area (Å²) in [5.41, 5.74) is 0.765. The number of carbonyl (C=O) groups is 2. The van der Waals surface area contributed by atoms with Crippen LogP contribution in [-0.2, 0) is 0 Å². The molecule has 2 aromatic rings. The summed E-state index contributed by atoms with van der Waals surface area (Å²) in [5.74, 6) is 0.0425. The van der Waals surface area contributed by atoms with Gasteiger partial charge in [-0.05, 0) is 31.2 Å². The van der Waals surface area contributed by atoms with Gasteiger partial charge in [0.15, 0.2) is 11.5 Å². The van der Waals surface area contributed by atoms with E-state index in [0.717, 1.165) is 0 Å². The zero-order chi connectivity index (χ0) is 14.4. The van der Waals surface area contributed by atoms with Crippen LogP contribution in [0.5, 0.6) is 5.75 Å². The first-order chi connectivity index (χ1) is 9.52. The number of rotatable bonds is 2. The molecule has 0 saturated carbocycles. The Bertz CT molecular complexity index is 724. The molecule has 1 heterocycles. The third kappa shape index (κ3) is 1.67. The number of carbonyl (C=O) groups excluding carboxylic acids is 2. The standard InChI is InChI=1S/C15H12O5/c1-7(16)12-6-11-13(17)10-5-8(19-2)3-4-9(10)14(18)15(11)20-12/h3-7,16H,1-2H3/t7-/m1/s1. The number of hydrogen-bond acceptors (Lipinski definition) is 5. The van der Waals surface area contributed by atoms with E-state index >= 15 is 0 Å². The molecule has 1 aromatic carbocycles. The van der Waals surface area contributed by atoms with Gasteiger partial charge in [0.2, 0.25) is 5.78 Å². The first-order valence-electron chi connectivity index (χ1n) is 6.12. The molecule has 1 atom stereocenters. The van der Waals surface area contributed by atoms with Crippen molar-refractivity contribution in [1.29, 1.82) is 0 Å². The summed E-state index contributed by atoms with van der Waals surface area (Å²) in [6, 6.07) is 6.12. The van der Waals surface area contributed by atoms with Crippen LogP contribution in [0.25, 0.3) is 0 Å². The molecule has 0 spiro atoms. The summed E-state index contributed by atoms with van der Waals surface area (Å²) in [6.07, 6.45) is -0.876. The fraction of sp³-hybridized carbons (Fsp3) is 0.200. The monoisotopic (exact) mass is 272 g/mol. The van der Waals surface area contributed by atoms with Gasteiger partial charge in [-0.15, -0.1) is 0 Å². The van der Waals surface area contributed by atoms with Crippen LogP contribution < -0.4 is 4.74 Å². The van der Waals surface area contributed by atoms with Crippen molar-refractivity contribution in [3.8, 4) is 5.75 Å². The molecule has 5 heteroatoms. The maximum atomic E-state index is 12.4. The molecule has 0 unspecified atom stereocenters. The number of fused-ring (bicyclic) bond motifs is 2. The van der Waals surface area contributed by atoms with Gasteiger partial charge >= 0.3 is 0 Å². The van der Waals surface area contributed by atoms with Crippen molar-refractivity contribution in [1.82, 2.24) is 0 Å². The van der Waals surface area contributed by atoms with Crippen LogP contribution in [0.2, 0.25) is 0 Å². The van der Waals surface area contributed by atoms with Gasteiger partial charge < -0.3 is 14.3 Å².